The molecule has 1 heterocycles. The van der Waals surface area contributed by atoms with Crippen molar-refractivity contribution < 1.29 is 9.59 Å². The molecule has 2 aromatic carbocycles. The molecule has 29 heavy (non-hydrogen) atoms. The van der Waals surface area contributed by atoms with Gasteiger partial charge < -0.3 is 20.4 Å². The molecule has 4 rings (SSSR count). The smallest absolute Gasteiger partial charge is 0.243 e. The highest BCUT2D eigenvalue weighted by molar-refractivity contribution is 5.95. The molecule has 1 aliphatic carbocycles. The van der Waals surface area contributed by atoms with Gasteiger partial charge in [-0.15, -0.1) is 0 Å². The molecule has 0 aromatic heterocycles. The molecule has 2 fully saturated rings. The number of nitrogens with zero attached hydrogens (tertiary/aromatic N) is 2. The lowest BCUT2D eigenvalue weighted by Gasteiger charge is -2.34. The zero-order valence-corrected chi connectivity index (χ0v) is 16.8. The van der Waals surface area contributed by atoms with E-state index in [2.05, 4.69) is 39.6 Å². The van der Waals surface area contributed by atoms with Gasteiger partial charge in [0.15, 0.2) is 0 Å². The van der Waals surface area contributed by atoms with Crippen LogP contribution in [0.15, 0.2) is 54.6 Å². The lowest BCUT2D eigenvalue weighted by molar-refractivity contribution is -0.125. The highest BCUT2D eigenvalue weighted by atomic mass is 16.2. The third-order valence-electron chi connectivity index (χ3n) is 5.80. The van der Waals surface area contributed by atoms with Crippen LogP contribution in [0.5, 0.6) is 0 Å². The third kappa shape index (κ3) is 4.95. The van der Waals surface area contributed by atoms with Gasteiger partial charge in [0.25, 0.3) is 0 Å². The molecule has 1 aliphatic heterocycles. The maximum atomic E-state index is 12.3. The van der Waals surface area contributed by atoms with Crippen molar-refractivity contribution in [1.82, 2.24) is 10.2 Å². The Balaban J connectivity index is 1.21. The topological polar surface area (TPSA) is 64.7 Å². The molecule has 1 saturated carbocycles. The highest BCUT2D eigenvalue weighted by Crippen LogP contribution is 2.47. The van der Waals surface area contributed by atoms with E-state index in [1.807, 2.05) is 42.5 Å². The van der Waals surface area contributed by atoms with Gasteiger partial charge in [-0.05, 0) is 49.2 Å². The summed E-state index contributed by atoms with van der Waals surface area (Å²) in [5.74, 6) is 0.0106. The van der Waals surface area contributed by atoms with Crippen LogP contribution in [0.4, 0.5) is 11.4 Å². The van der Waals surface area contributed by atoms with Crippen molar-refractivity contribution in [3.63, 3.8) is 0 Å². The molecule has 2 N–H and O–H groups in total. The van der Waals surface area contributed by atoms with Gasteiger partial charge in [-0.25, -0.2) is 0 Å². The minimum absolute atomic E-state index is 0.00292. The van der Waals surface area contributed by atoms with E-state index in [0.29, 0.717) is 0 Å². The summed E-state index contributed by atoms with van der Waals surface area (Å²) in [6, 6.07) is 18.0. The number of nitrogens with one attached hydrogen (secondary N) is 2. The molecule has 2 amide bonds. The van der Waals surface area contributed by atoms with E-state index < -0.39 is 0 Å². The standard InChI is InChI=1S/C23H28N4O2/c1-26-11-13-27(14-12-26)19-9-7-18(8-10-19)25-22(28)16-24-23(29)21-15-20(21)17-5-3-2-4-6-17/h2-10,20-21H,11-16H2,1H3,(H,24,29)(H,25,28). The van der Waals surface area contributed by atoms with Gasteiger partial charge in [0, 0.05) is 43.5 Å². The second-order valence-corrected chi connectivity index (χ2v) is 7.96. The summed E-state index contributed by atoms with van der Waals surface area (Å²) in [5.41, 5.74) is 3.11. The molecule has 152 valence electrons. The molecule has 2 aliphatic rings. The number of amides is 2. The number of piperazine rings is 1. The number of hydrogen-bond donors (Lipinski definition) is 2. The number of likely N-dealkylation sites (N-methyl/N-ethyl adjacent to an activating group) is 1. The number of hydrogen-bond acceptors (Lipinski definition) is 4. The molecule has 1 saturated heterocycles. The van der Waals surface area contributed by atoms with Crippen LogP contribution in [0.3, 0.4) is 0 Å². The maximum Gasteiger partial charge on any atom is 0.243 e. The molecule has 2 aromatic rings. The Hall–Kier alpha value is -2.86. The second-order valence-electron chi connectivity index (χ2n) is 7.96. The molecule has 6 nitrogen and oxygen atoms in total. The highest BCUT2D eigenvalue weighted by Gasteiger charge is 2.43. The fourth-order valence-electron chi connectivity index (χ4n) is 3.88. The van der Waals surface area contributed by atoms with Crippen LogP contribution in [-0.4, -0.2) is 56.5 Å². The predicted molar refractivity (Wildman–Crippen MR) is 115 cm³/mol. The Morgan fingerprint density at radius 2 is 1.66 bits per heavy atom. The number of carbonyl (C=O) groups is 2. The van der Waals surface area contributed by atoms with Gasteiger partial charge in [-0.1, -0.05) is 30.3 Å². The van der Waals surface area contributed by atoms with Crippen molar-refractivity contribution in [3.05, 3.63) is 60.2 Å². The van der Waals surface area contributed by atoms with E-state index in [9.17, 15) is 9.59 Å². The van der Waals surface area contributed by atoms with Crippen molar-refractivity contribution in [1.29, 1.82) is 0 Å². The zero-order valence-electron chi connectivity index (χ0n) is 16.8. The average Bonchev–Trinajstić information content (AvgIpc) is 3.55. The Bertz CT molecular complexity index is 845. The number of anilines is 2. The molecular weight excluding hydrogens is 364 g/mol. The maximum absolute atomic E-state index is 12.3. The van der Waals surface area contributed by atoms with Crippen LogP contribution in [0, 0.1) is 5.92 Å². The van der Waals surface area contributed by atoms with E-state index in [0.717, 1.165) is 38.3 Å². The van der Waals surface area contributed by atoms with E-state index in [1.165, 1.54) is 11.3 Å². The fraction of sp³-hybridized carbons (Fsp3) is 0.391. The minimum Gasteiger partial charge on any atom is -0.369 e. The number of benzene rings is 2. The number of rotatable bonds is 6. The van der Waals surface area contributed by atoms with E-state index in [-0.39, 0.29) is 30.2 Å². The summed E-state index contributed by atoms with van der Waals surface area (Å²) in [7, 11) is 2.14. The van der Waals surface area contributed by atoms with Gasteiger partial charge in [-0.3, -0.25) is 9.59 Å². The van der Waals surface area contributed by atoms with Crippen LogP contribution >= 0.6 is 0 Å². The van der Waals surface area contributed by atoms with E-state index >= 15 is 0 Å². The molecule has 6 heteroatoms. The van der Waals surface area contributed by atoms with Gasteiger partial charge in [0.05, 0.1) is 6.54 Å². The zero-order chi connectivity index (χ0) is 20.2. The molecule has 0 spiro atoms. The second kappa shape index (κ2) is 8.66. The lowest BCUT2D eigenvalue weighted by Crippen LogP contribution is -2.44. The van der Waals surface area contributed by atoms with Crippen LogP contribution < -0.4 is 15.5 Å². The first kappa shape index (κ1) is 19.5. The Kier molecular flexibility index (Phi) is 5.81. The number of carbonyl (C=O) groups excluding carboxylic acids is 2. The normalized spacial score (nSPS) is 21.5. The van der Waals surface area contributed by atoms with E-state index in [4.69, 9.17) is 0 Å². The first-order valence-electron chi connectivity index (χ1n) is 10.3. The van der Waals surface area contributed by atoms with E-state index in [1.54, 1.807) is 0 Å². The molecule has 2 unspecified atom stereocenters. The average molecular weight is 393 g/mol. The summed E-state index contributed by atoms with van der Waals surface area (Å²) in [5, 5.41) is 5.62. The van der Waals surface area contributed by atoms with Gasteiger partial charge in [0.1, 0.15) is 0 Å². The van der Waals surface area contributed by atoms with Crippen molar-refractivity contribution in [2.24, 2.45) is 5.92 Å². The van der Waals surface area contributed by atoms with Crippen molar-refractivity contribution in [3.8, 4) is 0 Å². The lowest BCUT2D eigenvalue weighted by atomic mass is 10.1. The largest absolute Gasteiger partial charge is 0.369 e. The van der Waals surface area contributed by atoms with Crippen LogP contribution in [-0.2, 0) is 9.59 Å². The van der Waals surface area contributed by atoms with Crippen LogP contribution in [0.1, 0.15) is 17.9 Å². The van der Waals surface area contributed by atoms with Gasteiger partial charge >= 0.3 is 0 Å². The third-order valence-corrected chi connectivity index (χ3v) is 5.80. The molecular formula is C23H28N4O2. The SMILES string of the molecule is CN1CCN(c2ccc(NC(=O)CNC(=O)C3CC3c3ccccc3)cc2)CC1. The summed E-state index contributed by atoms with van der Waals surface area (Å²) in [6.45, 7) is 4.14. The quantitative estimate of drug-likeness (QED) is 0.792. The van der Waals surface area contributed by atoms with Crippen LogP contribution in [0.25, 0.3) is 0 Å². The Morgan fingerprint density at radius 1 is 0.966 bits per heavy atom. The molecule has 2 atom stereocenters. The Labute approximate surface area is 171 Å². The first-order valence-corrected chi connectivity index (χ1v) is 10.3. The van der Waals surface area contributed by atoms with Crippen molar-refractivity contribution >= 4 is 23.2 Å². The minimum atomic E-state index is -0.206. The fourth-order valence-corrected chi connectivity index (χ4v) is 3.88. The summed E-state index contributed by atoms with van der Waals surface area (Å²) >= 11 is 0. The van der Waals surface area contributed by atoms with Crippen molar-refractivity contribution in [2.45, 2.75) is 12.3 Å². The molecule has 0 bridgehead atoms. The predicted octanol–water partition coefficient (Wildman–Crippen LogP) is 2.30. The summed E-state index contributed by atoms with van der Waals surface area (Å²) < 4.78 is 0. The van der Waals surface area contributed by atoms with Crippen molar-refractivity contribution in [2.75, 3.05) is 50.0 Å². The summed E-state index contributed by atoms with van der Waals surface area (Å²) in [6.07, 6.45) is 0.852. The van der Waals surface area contributed by atoms with Gasteiger partial charge in [-0.2, -0.15) is 0 Å². The van der Waals surface area contributed by atoms with Gasteiger partial charge in [0.2, 0.25) is 11.8 Å². The first-order chi connectivity index (χ1) is 14.1. The molecule has 0 radical (unpaired) electrons. The summed E-state index contributed by atoms with van der Waals surface area (Å²) in [4.78, 5) is 29.2. The Morgan fingerprint density at radius 3 is 2.34 bits per heavy atom. The van der Waals surface area contributed by atoms with Crippen LogP contribution in [0.2, 0.25) is 0 Å². The monoisotopic (exact) mass is 392 g/mol.